The standard InChI is InChI=1S/C12H13NO2/c1-3-13-8(2)6-10-7-9(12(14)15)4-5-11(10)13/h4-7H,3H2,1-2H3,(H,14,15). The topological polar surface area (TPSA) is 42.2 Å². The number of carboxylic acid groups (broad SMARTS) is 1. The number of nitrogens with zero attached hydrogens (tertiary/aromatic N) is 1. The highest BCUT2D eigenvalue weighted by molar-refractivity contribution is 5.93. The quantitative estimate of drug-likeness (QED) is 0.815. The van der Waals surface area contributed by atoms with Gasteiger partial charge in [-0.25, -0.2) is 4.79 Å². The van der Waals surface area contributed by atoms with E-state index in [0.29, 0.717) is 5.56 Å². The number of fused-ring (bicyclic) bond motifs is 1. The van der Waals surface area contributed by atoms with Crippen LogP contribution in [0, 0.1) is 6.92 Å². The van der Waals surface area contributed by atoms with Gasteiger partial charge in [0.05, 0.1) is 5.56 Å². The Labute approximate surface area is 87.9 Å². The molecule has 0 unspecified atom stereocenters. The van der Waals surface area contributed by atoms with E-state index in [1.807, 2.05) is 19.1 Å². The third-order valence-electron chi connectivity index (χ3n) is 2.67. The van der Waals surface area contributed by atoms with Crippen LogP contribution in [0.1, 0.15) is 23.0 Å². The van der Waals surface area contributed by atoms with E-state index in [9.17, 15) is 4.79 Å². The van der Waals surface area contributed by atoms with Crippen molar-refractivity contribution in [3.8, 4) is 0 Å². The highest BCUT2D eigenvalue weighted by atomic mass is 16.4. The number of carboxylic acids is 1. The Hall–Kier alpha value is -1.77. The summed E-state index contributed by atoms with van der Waals surface area (Å²) in [5.74, 6) is -0.876. The van der Waals surface area contributed by atoms with Gasteiger partial charge in [-0.2, -0.15) is 0 Å². The van der Waals surface area contributed by atoms with Crippen LogP contribution in [-0.4, -0.2) is 15.6 Å². The fraction of sp³-hybridized carbons (Fsp3) is 0.250. The minimum atomic E-state index is -0.876. The summed E-state index contributed by atoms with van der Waals surface area (Å²) in [6.07, 6.45) is 0. The van der Waals surface area contributed by atoms with Gasteiger partial charge in [0, 0.05) is 23.1 Å². The lowest BCUT2D eigenvalue weighted by molar-refractivity contribution is 0.0697. The third-order valence-corrected chi connectivity index (χ3v) is 2.67. The van der Waals surface area contributed by atoms with Gasteiger partial charge in [0.2, 0.25) is 0 Å². The summed E-state index contributed by atoms with van der Waals surface area (Å²) in [5, 5.41) is 9.87. The van der Waals surface area contributed by atoms with E-state index in [1.54, 1.807) is 12.1 Å². The maximum absolute atomic E-state index is 10.8. The molecule has 78 valence electrons. The summed E-state index contributed by atoms with van der Waals surface area (Å²) in [6.45, 7) is 5.02. The average molecular weight is 203 g/mol. The molecule has 3 heteroatoms. The second kappa shape index (κ2) is 3.42. The van der Waals surface area contributed by atoms with Gasteiger partial charge in [-0.1, -0.05) is 0 Å². The number of hydrogen-bond donors (Lipinski definition) is 1. The predicted octanol–water partition coefficient (Wildman–Crippen LogP) is 2.67. The summed E-state index contributed by atoms with van der Waals surface area (Å²) in [5.41, 5.74) is 2.60. The van der Waals surface area contributed by atoms with Crippen LogP contribution >= 0.6 is 0 Å². The normalized spacial score (nSPS) is 10.8. The molecule has 0 bridgehead atoms. The minimum Gasteiger partial charge on any atom is -0.478 e. The fourth-order valence-corrected chi connectivity index (χ4v) is 1.96. The Balaban J connectivity index is 2.69. The molecule has 0 fully saturated rings. The van der Waals surface area contributed by atoms with E-state index in [4.69, 9.17) is 5.11 Å². The number of carbonyl (C=O) groups is 1. The Bertz CT molecular complexity index is 526. The highest BCUT2D eigenvalue weighted by Crippen LogP contribution is 2.20. The molecule has 15 heavy (non-hydrogen) atoms. The van der Waals surface area contributed by atoms with Crippen molar-refractivity contribution < 1.29 is 9.90 Å². The van der Waals surface area contributed by atoms with Crippen molar-refractivity contribution in [1.29, 1.82) is 0 Å². The van der Waals surface area contributed by atoms with Crippen molar-refractivity contribution in [2.45, 2.75) is 20.4 Å². The first-order valence-electron chi connectivity index (χ1n) is 4.96. The van der Waals surface area contributed by atoms with Gasteiger partial charge in [-0.3, -0.25) is 0 Å². The van der Waals surface area contributed by atoms with Crippen LogP contribution in [-0.2, 0) is 6.54 Å². The summed E-state index contributed by atoms with van der Waals surface area (Å²) in [7, 11) is 0. The molecule has 0 atom stereocenters. The Morgan fingerprint density at radius 1 is 1.40 bits per heavy atom. The van der Waals surface area contributed by atoms with Crippen LogP contribution in [0.5, 0.6) is 0 Å². The Kier molecular flexibility index (Phi) is 2.23. The molecule has 1 N–H and O–H groups in total. The SMILES string of the molecule is CCn1c(C)cc2cc(C(=O)O)ccc21. The molecule has 0 aliphatic heterocycles. The molecule has 1 aromatic heterocycles. The maximum atomic E-state index is 10.8. The van der Waals surface area contributed by atoms with Crippen molar-refractivity contribution >= 4 is 16.9 Å². The number of aryl methyl sites for hydroxylation is 2. The number of aromatic nitrogens is 1. The second-order valence-electron chi connectivity index (χ2n) is 3.61. The van der Waals surface area contributed by atoms with Gasteiger partial charge in [0.15, 0.2) is 0 Å². The molecular formula is C12H13NO2. The molecule has 0 radical (unpaired) electrons. The van der Waals surface area contributed by atoms with Gasteiger partial charge in [-0.05, 0) is 38.1 Å². The zero-order valence-corrected chi connectivity index (χ0v) is 8.82. The first kappa shape index (κ1) is 9.77. The molecule has 0 aliphatic carbocycles. The van der Waals surface area contributed by atoms with Crippen molar-refractivity contribution in [3.05, 3.63) is 35.5 Å². The van der Waals surface area contributed by atoms with Crippen molar-refractivity contribution in [3.63, 3.8) is 0 Å². The molecule has 2 aromatic rings. The third kappa shape index (κ3) is 1.50. The lowest BCUT2D eigenvalue weighted by atomic mass is 10.1. The van der Waals surface area contributed by atoms with Crippen molar-refractivity contribution in [2.75, 3.05) is 0 Å². The molecule has 2 rings (SSSR count). The van der Waals surface area contributed by atoms with Crippen LogP contribution in [0.2, 0.25) is 0 Å². The number of rotatable bonds is 2. The first-order chi connectivity index (χ1) is 7.13. The number of benzene rings is 1. The van der Waals surface area contributed by atoms with Crippen LogP contribution in [0.25, 0.3) is 10.9 Å². The van der Waals surface area contributed by atoms with Gasteiger partial charge in [0.25, 0.3) is 0 Å². The lowest BCUT2D eigenvalue weighted by Crippen LogP contribution is -1.97. The van der Waals surface area contributed by atoms with Crippen LogP contribution < -0.4 is 0 Å². The second-order valence-corrected chi connectivity index (χ2v) is 3.61. The highest BCUT2D eigenvalue weighted by Gasteiger charge is 2.07. The smallest absolute Gasteiger partial charge is 0.335 e. The van der Waals surface area contributed by atoms with Gasteiger partial charge < -0.3 is 9.67 Å². The molecule has 1 aromatic carbocycles. The van der Waals surface area contributed by atoms with Gasteiger partial charge in [-0.15, -0.1) is 0 Å². The van der Waals surface area contributed by atoms with E-state index in [1.165, 1.54) is 0 Å². The van der Waals surface area contributed by atoms with Crippen LogP contribution in [0.3, 0.4) is 0 Å². The van der Waals surface area contributed by atoms with Gasteiger partial charge >= 0.3 is 5.97 Å². The Morgan fingerprint density at radius 2 is 2.13 bits per heavy atom. The minimum absolute atomic E-state index is 0.343. The monoisotopic (exact) mass is 203 g/mol. The zero-order valence-electron chi connectivity index (χ0n) is 8.82. The van der Waals surface area contributed by atoms with E-state index in [-0.39, 0.29) is 0 Å². The van der Waals surface area contributed by atoms with E-state index >= 15 is 0 Å². The fourth-order valence-electron chi connectivity index (χ4n) is 1.96. The van der Waals surface area contributed by atoms with Crippen molar-refractivity contribution in [1.82, 2.24) is 4.57 Å². The molecule has 0 saturated heterocycles. The summed E-state index contributed by atoms with van der Waals surface area (Å²) < 4.78 is 2.17. The van der Waals surface area contributed by atoms with Crippen LogP contribution in [0.4, 0.5) is 0 Å². The molecule has 0 spiro atoms. The maximum Gasteiger partial charge on any atom is 0.335 e. The zero-order chi connectivity index (χ0) is 11.0. The van der Waals surface area contributed by atoms with E-state index in [0.717, 1.165) is 23.1 Å². The molecule has 3 nitrogen and oxygen atoms in total. The number of hydrogen-bond acceptors (Lipinski definition) is 1. The number of aromatic carboxylic acids is 1. The van der Waals surface area contributed by atoms with Gasteiger partial charge in [0.1, 0.15) is 0 Å². The molecule has 1 heterocycles. The summed E-state index contributed by atoms with van der Waals surface area (Å²) in [6, 6.07) is 7.26. The predicted molar refractivity (Wildman–Crippen MR) is 59.3 cm³/mol. The Morgan fingerprint density at radius 3 is 2.73 bits per heavy atom. The lowest BCUT2D eigenvalue weighted by Gasteiger charge is -2.03. The molecule has 0 saturated carbocycles. The summed E-state index contributed by atoms with van der Waals surface area (Å²) >= 11 is 0. The molecule has 0 aliphatic rings. The first-order valence-corrected chi connectivity index (χ1v) is 4.96. The molecular weight excluding hydrogens is 190 g/mol. The van der Waals surface area contributed by atoms with E-state index < -0.39 is 5.97 Å². The average Bonchev–Trinajstić information content (AvgIpc) is 2.51. The van der Waals surface area contributed by atoms with E-state index in [2.05, 4.69) is 11.5 Å². The van der Waals surface area contributed by atoms with Crippen molar-refractivity contribution in [2.24, 2.45) is 0 Å². The van der Waals surface area contributed by atoms with Crippen LogP contribution in [0.15, 0.2) is 24.3 Å². The molecule has 0 amide bonds. The largest absolute Gasteiger partial charge is 0.478 e. The summed E-state index contributed by atoms with van der Waals surface area (Å²) in [4.78, 5) is 10.8.